The van der Waals surface area contributed by atoms with Crippen molar-refractivity contribution in [3.05, 3.63) is 80.7 Å². The number of benzene rings is 2. The summed E-state index contributed by atoms with van der Waals surface area (Å²) in [4.78, 5) is 33.2. The third kappa shape index (κ3) is 8.79. The Kier molecular flexibility index (Phi) is 14.7. The number of imidazole rings is 2. The number of methoxy groups -OCH3 is 2. The molecule has 2 N–H and O–H groups in total. The number of esters is 1. The summed E-state index contributed by atoms with van der Waals surface area (Å²) in [6.07, 6.45) is -0.0743. The molecule has 0 aliphatic carbocycles. The van der Waals surface area contributed by atoms with Gasteiger partial charge in [-0.15, -0.1) is 0 Å². The molecule has 0 saturated heterocycles. The zero-order chi connectivity index (χ0) is 39.7. The molecule has 8 rings (SSSR count). The van der Waals surface area contributed by atoms with Crippen molar-refractivity contribution < 1.29 is 105 Å². The van der Waals surface area contributed by atoms with E-state index < -0.39 is 11.9 Å². The van der Waals surface area contributed by atoms with Crippen molar-refractivity contribution in [3.8, 4) is 68.6 Å². The number of hydrogen-bond acceptors (Lipinski definition) is 14. The van der Waals surface area contributed by atoms with Crippen LogP contribution in [-0.2, 0) is 18.0 Å². The summed E-state index contributed by atoms with van der Waals surface area (Å²) in [7, 11) is 3.16. The van der Waals surface area contributed by atoms with Crippen LogP contribution in [0.25, 0.3) is 34.2 Å². The van der Waals surface area contributed by atoms with Crippen LogP contribution in [0.3, 0.4) is 0 Å². The van der Waals surface area contributed by atoms with Crippen molar-refractivity contribution in [2.24, 2.45) is 0 Å². The number of fused-ring (bicyclic) bond motifs is 6. The molecule has 0 amide bonds. The van der Waals surface area contributed by atoms with E-state index in [-0.39, 0.29) is 100 Å². The summed E-state index contributed by atoms with van der Waals surface area (Å²) < 4.78 is 43.5. The van der Waals surface area contributed by atoms with Gasteiger partial charge in [-0.2, -0.15) is 22.7 Å². The number of carbonyl (C=O) groups excluding carboxylic acids is 1. The molecule has 0 spiro atoms. The fourth-order valence-corrected chi connectivity index (χ4v) is 7.61. The minimum atomic E-state index is -1.08. The second-order valence-electron chi connectivity index (χ2n) is 13.0. The van der Waals surface area contributed by atoms with E-state index in [1.165, 1.54) is 11.3 Å². The molecular weight excluding hydrogens is 816 g/mol. The SMILES string of the molecule is CCOC(=O)c1nc(-c2ccsc2)n2c1COc1cc(OC)c(OC(C)C)cc1-2.COc1cc2c(cc1OC(C)C)-n1c(-c3ccsc3)nc(C(=O)O)c1CO2.[K+].[OH-]. The predicted octanol–water partition coefficient (Wildman–Crippen LogP) is 5.28. The molecule has 0 bridgehead atoms. The first-order valence-corrected chi connectivity index (χ1v) is 19.6. The molecule has 6 aromatic rings. The Balaban J connectivity index is 0.000000214. The fraction of sp³-hybridized carbons (Fsp3) is 0.300. The number of thiophene rings is 2. The first-order valence-electron chi connectivity index (χ1n) is 17.7. The van der Waals surface area contributed by atoms with Crippen LogP contribution in [0.15, 0.2) is 57.9 Å². The van der Waals surface area contributed by atoms with E-state index in [2.05, 4.69) is 9.97 Å². The van der Waals surface area contributed by atoms with Crippen LogP contribution in [0.1, 0.15) is 67.0 Å². The third-order valence-electron chi connectivity index (χ3n) is 8.60. The van der Waals surface area contributed by atoms with Crippen LogP contribution in [0.2, 0.25) is 0 Å². The molecule has 0 fully saturated rings. The number of rotatable bonds is 11. The van der Waals surface area contributed by atoms with Crippen LogP contribution in [-0.4, -0.2) is 74.7 Å². The number of nitrogens with zero attached hydrogens (tertiary/aromatic N) is 4. The van der Waals surface area contributed by atoms with Gasteiger partial charge in [0.2, 0.25) is 0 Å². The second-order valence-corrected chi connectivity index (χ2v) is 14.6. The number of aromatic carboxylic acids is 1. The van der Waals surface area contributed by atoms with Gasteiger partial charge < -0.3 is 43.7 Å². The topological polar surface area (TPSA) is 185 Å². The Hall–Kier alpha value is -4.40. The molecule has 0 saturated carbocycles. The van der Waals surface area contributed by atoms with Crippen molar-refractivity contribution in [2.75, 3.05) is 20.8 Å². The quantitative estimate of drug-likeness (QED) is 0.131. The number of ether oxygens (including phenoxy) is 7. The molecule has 2 aromatic carbocycles. The molecule has 2 aliphatic heterocycles. The Morgan fingerprint density at radius 1 is 0.759 bits per heavy atom. The smallest absolute Gasteiger partial charge is 0.870 e. The summed E-state index contributed by atoms with van der Waals surface area (Å²) in [6, 6.07) is 11.1. The predicted molar refractivity (Wildman–Crippen MR) is 212 cm³/mol. The van der Waals surface area contributed by atoms with Gasteiger partial charge in [0.15, 0.2) is 34.4 Å². The number of hydrogen-bond donors (Lipinski definition) is 1. The van der Waals surface area contributed by atoms with Gasteiger partial charge in [-0.05, 0) is 57.5 Å². The molecule has 4 aromatic heterocycles. The van der Waals surface area contributed by atoms with Gasteiger partial charge in [-0.1, -0.05) is 0 Å². The molecule has 0 atom stereocenters. The molecule has 18 heteroatoms. The average molecular weight is 857 g/mol. The summed E-state index contributed by atoms with van der Waals surface area (Å²) >= 11 is 3.09. The molecule has 0 unspecified atom stereocenters. The first-order chi connectivity index (χ1) is 27.0. The Morgan fingerprint density at radius 2 is 1.21 bits per heavy atom. The van der Waals surface area contributed by atoms with Crippen molar-refractivity contribution >= 4 is 34.6 Å². The standard InChI is InChI=1S/C21H22N2O5S.C19H18N2O5S.K.H2O/c1-5-26-21(24)19-15-10-27-16-9-17(25-4)18(28-12(2)3)8-14(16)23(15)20(22-19)13-6-7-29-11-13;1-10(2)26-16-6-12-14(7-15(16)24-3)25-8-13-17(19(22)23)20-18(21(12)13)11-4-5-27-9-11;;/h6-9,11-12H,5,10H2,1-4H3;4-7,9-10H,8H2,1-3H3,(H,22,23);;1H2/q;;+1;/p-1. The van der Waals surface area contributed by atoms with E-state index in [0.717, 1.165) is 16.8 Å². The van der Waals surface area contributed by atoms with E-state index >= 15 is 0 Å². The summed E-state index contributed by atoms with van der Waals surface area (Å²) in [5.41, 5.74) is 4.59. The molecule has 0 radical (unpaired) electrons. The van der Waals surface area contributed by atoms with Crippen molar-refractivity contribution in [1.29, 1.82) is 0 Å². The van der Waals surface area contributed by atoms with Crippen molar-refractivity contribution in [3.63, 3.8) is 0 Å². The zero-order valence-electron chi connectivity index (χ0n) is 33.2. The molecule has 15 nitrogen and oxygen atoms in total. The van der Waals surface area contributed by atoms with E-state index in [1.807, 2.05) is 76.5 Å². The maximum atomic E-state index is 12.5. The Labute approximate surface area is 385 Å². The number of carboxylic acids is 1. The number of carboxylic acid groups (broad SMARTS) is 1. The van der Waals surface area contributed by atoms with Gasteiger partial charge in [0, 0.05) is 46.2 Å². The zero-order valence-corrected chi connectivity index (χ0v) is 38.0. The van der Waals surface area contributed by atoms with E-state index in [4.69, 9.17) is 33.2 Å². The van der Waals surface area contributed by atoms with Crippen LogP contribution < -0.4 is 79.8 Å². The normalized spacial score (nSPS) is 11.8. The van der Waals surface area contributed by atoms with E-state index in [0.29, 0.717) is 63.2 Å². The van der Waals surface area contributed by atoms with Crippen LogP contribution >= 0.6 is 22.7 Å². The minimum absolute atomic E-state index is 0. The maximum absolute atomic E-state index is 12.5. The van der Waals surface area contributed by atoms with Gasteiger partial charge >= 0.3 is 63.3 Å². The van der Waals surface area contributed by atoms with Gasteiger partial charge in [0.25, 0.3) is 0 Å². The summed E-state index contributed by atoms with van der Waals surface area (Å²) in [5.74, 6) is 3.20. The number of carbonyl (C=O) groups is 2. The van der Waals surface area contributed by atoms with E-state index in [9.17, 15) is 14.7 Å². The average Bonchev–Trinajstić information content (AvgIpc) is 4.00. The monoisotopic (exact) mass is 856 g/mol. The van der Waals surface area contributed by atoms with Gasteiger partial charge in [0.05, 0.1) is 55.8 Å². The largest absolute Gasteiger partial charge is 1.00 e. The van der Waals surface area contributed by atoms with Crippen LogP contribution in [0, 0.1) is 0 Å². The second kappa shape index (κ2) is 19.1. The molecule has 6 heterocycles. The molecule has 300 valence electrons. The number of aromatic nitrogens is 4. The molecular formula is C40H41KN4O11S2. The fourth-order valence-electron chi connectivity index (χ4n) is 6.34. The van der Waals surface area contributed by atoms with E-state index in [1.54, 1.807) is 50.7 Å². The van der Waals surface area contributed by atoms with Gasteiger partial charge in [-0.3, -0.25) is 9.13 Å². The third-order valence-corrected chi connectivity index (χ3v) is 9.97. The molecule has 58 heavy (non-hydrogen) atoms. The maximum Gasteiger partial charge on any atom is 1.00 e. The van der Waals surface area contributed by atoms with Gasteiger partial charge in [-0.25, -0.2) is 19.6 Å². The first kappa shape index (κ1) is 44.7. The Bertz CT molecular complexity index is 2390. The van der Waals surface area contributed by atoms with Crippen LogP contribution in [0.5, 0.6) is 34.5 Å². The van der Waals surface area contributed by atoms with Crippen molar-refractivity contribution in [1.82, 2.24) is 19.1 Å². The van der Waals surface area contributed by atoms with Crippen molar-refractivity contribution in [2.45, 2.75) is 60.0 Å². The summed E-state index contributed by atoms with van der Waals surface area (Å²) in [6.45, 7) is 10.1. The van der Waals surface area contributed by atoms with Gasteiger partial charge in [0.1, 0.15) is 36.4 Å². The van der Waals surface area contributed by atoms with Crippen LogP contribution in [0.4, 0.5) is 0 Å². The molecule has 2 aliphatic rings. The summed E-state index contributed by atoms with van der Waals surface area (Å²) in [5, 5.41) is 17.4. The minimum Gasteiger partial charge on any atom is -0.870 e. The Morgan fingerprint density at radius 3 is 1.59 bits per heavy atom.